The molecule has 1 N–H and O–H groups in total. The highest BCUT2D eigenvalue weighted by molar-refractivity contribution is 5.93. The van der Waals surface area contributed by atoms with E-state index >= 15 is 0 Å². The molecule has 0 aromatic carbocycles. The van der Waals surface area contributed by atoms with Gasteiger partial charge in [0.25, 0.3) is 0 Å². The van der Waals surface area contributed by atoms with Crippen LogP contribution in [0.5, 0.6) is 0 Å². The Balaban J connectivity index is 0.000000336. The molecule has 0 amide bonds. The van der Waals surface area contributed by atoms with Gasteiger partial charge in [0.05, 0.1) is 0 Å². The minimum Gasteiger partial charge on any atom is -0.351 e. The Hall–Kier alpha value is -1.25. The van der Waals surface area contributed by atoms with E-state index in [2.05, 4.69) is 10.3 Å². The second kappa shape index (κ2) is 3.95. The first-order chi connectivity index (χ1) is 5.86. The summed E-state index contributed by atoms with van der Waals surface area (Å²) in [5, 5.41) is 3.10. The first-order valence-corrected chi connectivity index (χ1v) is 4.29. The van der Waals surface area contributed by atoms with E-state index in [1.54, 1.807) is 0 Å². The van der Waals surface area contributed by atoms with Gasteiger partial charge in [-0.05, 0) is 13.0 Å². The summed E-state index contributed by atoms with van der Waals surface area (Å²) in [4.78, 5) is 6.35. The highest BCUT2D eigenvalue weighted by Crippen LogP contribution is 2.10. The van der Waals surface area contributed by atoms with E-state index in [9.17, 15) is 0 Å². The normalized spacial score (nSPS) is 23.8. The van der Waals surface area contributed by atoms with Gasteiger partial charge in [0.1, 0.15) is 0 Å². The molecule has 0 saturated heterocycles. The minimum absolute atomic E-state index is 0.116. The van der Waals surface area contributed by atoms with Crippen LogP contribution in [-0.4, -0.2) is 16.9 Å². The zero-order chi connectivity index (χ0) is 8.97. The second-order valence-corrected chi connectivity index (χ2v) is 2.39. The summed E-state index contributed by atoms with van der Waals surface area (Å²) in [6, 6.07) is 0. The number of hydrogen-bond acceptors (Lipinski definition) is 3. The van der Waals surface area contributed by atoms with Gasteiger partial charge in [0.15, 0.2) is 6.29 Å². The Labute approximate surface area is 73.5 Å². The summed E-state index contributed by atoms with van der Waals surface area (Å²) in [5.74, 6) is 0. The fourth-order valence-electron chi connectivity index (χ4n) is 1.05. The van der Waals surface area contributed by atoms with Crippen LogP contribution in [0.25, 0.3) is 0 Å². The number of allylic oxidation sites excluding steroid dienone is 1. The van der Waals surface area contributed by atoms with Crippen molar-refractivity contribution in [2.45, 2.75) is 27.1 Å². The third-order valence-corrected chi connectivity index (χ3v) is 1.59. The van der Waals surface area contributed by atoms with Crippen LogP contribution < -0.4 is 5.32 Å². The molecule has 2 aliphatic rings. The quantitative estimate of drug-likeness (QED) is 0.591. The predicted octanol–water partition coefficient (Wildman–Crippen LogP) is 1.66. The molecule has 2 rings (SSSR count). The van der Waals surface area contributed by atoms with Crippen LogP contribution in [0.15, 0.2) is 29.7 Å². The SMILES string of the molecule is CC.CC1=NC2NC=CN2C=C1. The number of hydrogen-bond donors (Lipinski definition) is 1. The molecule has 3 nitrogen and oxygen atoms in total. The number of rotatable bonds is 0. The van der Waals surface area contributed by atoms with E-state index in [4.69, 9.17) is 0 Å². The molecule has 0 radical (unpaired) electrons. The van der Waals surface area contributed by atoms with Crippen molar-refractivity contribution in [3.8, 4) is 0 Å². The molecule has 3 heteroatoms. The molecule has 12 heavy (non-hydrogen) atoms. The van der Waals surface area contributed by atoms with Crippen LogP contribution in [-0.2, 0) is 0 Å². The maximum absolute atomic E-state index is 4.33. The van der Waals surface area contributed by atoms with Crippen LogP contribution in [0.1, 0.15) is 20.8 Å². The summed E-state index contributed by atoms with van der Waals surface area (Å²) in [5.41, 5.74) is 1.07. The Morgan fingerprint density at radius 1 is 1.42 bits per heavy atom. The minimum atomic E-state index is 0.116. The smallest absolute Gasteiger partial charge is 0.199 e. The maximum Gasteiger partial charge on any atom is 0.199 e. The number of nitrogens with one attached hydrogen (secondary N) is 1. The molecule has 2 heterocycles. The van der Waals surface area contributed by atoms with E-state index in [1.807, 2.05) is 50.3 Å². The summed E-state index contributed by atoms with van der Waals surface area (Å²) >= 11 is 0. The second-order valence-electron chi connectivity index (χ2n) is 2.39. The summed E-state index contributed by atoms with van der Waals surface area (Å²) in [7, 11) is 0. The van der Waals surface area contributed by atoms with Crippen molar-refractivity contribution in [2.75, 3.05) is 0 Å². The van der Waals surface area contributed by atoms with Crippen LogP contribution in [0.4, 0.5) is 0 Å². The van der Waals surface area contributed by atoms with Gasteiger partial charge in [-0.2, -0.15) is 0 Å². The van der Waals surface area contributed by atoms with Gasteiger partial charge in [-0.1, -0.05) is 13.8 Å². The zero-order valence-corrected chi connectivity index (χ0v) is 7.78. The van der Waals surface area contributed by atoms with Crippen molar-refractivity contribution in [3.05, 3.63) is 24.7 Å². The summed E-state index contributed by atoms with van der Waals surface area (Å²) in [6.45, 7) is 5.99. The first-order valence-electron chi connectivity index (χ1n) is 4.29. The van der Waals surface area contributed by atoms with Crippen molar-refractivity contribution < 1.29 is 0 Å². The first kappa shape index (κ1) is 8.84. The van der Waals surface area contributed by atoms with E-state index in [0.717, 1.165) is 5.71 Å². The van der Waals surface area contributed by atoms with Crippen molar-refractivity contribution in [2.24, 2.45) is 4.99 Å². The average molecular weight is 165 g/mol. The van der Waals surface area contributed by atoms with Crippen molar-refractivity contribution in [3.63, 3.8) is 0 Å². The molecular formula is C9H15N3. The molecule has 66 valence electrons. The van der Waals surface area contributed by atoms with Crippen LogP contribution >= 0.6 is 0 Å². The lowest BCUT2D eigenvalue weighted by Crippen LogP contribution is -2.32. The zero-order valence-electron chi connectivity index (χ0n) is 7.78. The molecule has 0 saturated carbocycles. The molecule has 0 fully saturated rings. The Morgan fingerprint density at radius 2 is 2.17 bits per heavy atom. The van der Waals surface area contributed by atoms with Gasteiger partial charge < -0.3 is 10.2 Å². The molecule has 2 aliphatic heterocycles. The monoisotopic (exact) mass is 165 g/mol. The third-order valence-electron chi connectivity index (χ3n) is 1.59. The van der Waals surface area contributed by atoms with Crippen LogP contribution in [0, 0.1) is 0 Å². The topological polar surface area (TPSA) is 27.6 Å². The number of aliphatic imine (C=N–C) groups is 1. The maximum atomic E-state index is 4.33. The molecule has 0 aromatic rings. The lowest BCUT2D eigenvalue weighted by molar-refractivity contribution is 0.374. The van der Waals surface area contributed by atoms with Crippen LogP contribution in [0.3, 0.4) is 0 Å². The van der Waals surface area contributed by atoms with Crippen molar-refractivity contribution in [1.82, 2.24) is 10.2 Å². The van der Waals surface area contributed by atoms with E-state index in [-0.39, 0.29) is 6.29 Å². The van der Waals surface area contributed by atoms with E-state index < -0.39 is 0 Å². The Bertz CT molecular complexity index is 228. The van der Waals surface area contributed by atoms with Crippen molar-refractivity contribution >= 4 is 5.71 Å². The highest BCUT2D eigenvalue weighted by Gasteiger charge is 2.16. The lowest BCUT2D eigenvalue weighted by Gasteiger charge is -2.21. The third kappa shape index (κ3) is 1.67. The van der Waals surface area contributed by atoms with Gasteiger partial charge in [-0.15, -0.1) is 0 Å². The summed E-state index contributed by atoms with van der Waals surface area (Å²) in [6.07, 6.45) is 8.00. The molecule has 1 atom stereocenters. The molecule has 0 bridgehead atoms. The van der Waals surface area contributed by atoms with E-state index in [0.29, 0.717) is 0 Å². The van der Waals surface area contributed by atoms with Gasteiger partial charge in [0.2, 0.25) is 0 Å². The van der Waals surface area contributed by atoms with Gasteiger partial charge in [0, 0.05) is 24.3 Å². The Morgan fingerprint density at radius 3 is 2.92 bits per heavy atom. The molecule has 1 unspecified atom stereocenters. The molecule has 0 aromatic heterocycles. The molecule has 0 aliphatic carbocycles. The highest BCUT2D eigenvalue weighted by atomic mass is 15.4. The largest absolute Gasteiger partial charge is 0.351 e. The van der Waals surface area contributed by atoms with E-state index in [1.165, 1.54) is 0 Å². The fourth-order valence-corrected chi connectivity index (χ4v) is 1.05. The number of fused-ring (bicyclic) bond motifs is 1. The van der Waals surface area contributed by atoms with Gasteiger partial charge in [-0.3, -0.25) is 0 Å². The fraction of sp³-hybridized carbons (Fsp3) is 0.444. The Kier molecular flexibility index (Phi) is 2.91. The van der Waals surface area contributed by atoms with Crippen LogP contribution in [0.2, 0.25) is 0 Å². The molecule has 0 spiro atoms. The predicted molar refractivity (Wildman–Crippen MR) is 51.5 cm³/mol. The average Bonchev–Trinajstić information content (AvgIpc) is 2.54. The summed E-state index contributed by atoms with van der Waals surface area (Å²) < 4.78 is 0. The lowest BCUT2D eigenvalue weighted by atomic mass is 10.3. The van der Waals surface area contributed by atoms with Crippen molar-refractivity contribution in [1.29, 1.82) is 0 Å². The van der Waals surface area contributed by atoms with Gasteiger partial charge >= 0.3 is 0 Å². The molecular weight excluding hydrogens is 150 g/mol. The van der Waals surface area contributed by atoms with Gasteiger partial charge in [-0.25, -0.2) is 4.99 Å². The standard InChI is InChI=1S/C7H9N3.C2H6/c1-6-2-4-10-5-3-8-7(10)9-6;1-2/h2-5,7-8H,1H3;1-2H3. The number of nitrogens with zero attached hydrogens (tertiary/aromatic N) is 2.